The molecule has 2 heterocycles. The number of thioether (sulfide) groups is 1. The normalized spacial score (nSPS) is 19.5. The zero-order valence-electron chi connectivity index (χ0n) is 21.2. The fraction of sp³-hybridized carbons (Fsp3) is 0.360. The van der Waals surface area contributed by atoms with Crippen molar-refractivity contribution >= 4 is 47.5 Å². The van der Waals surface area contributed by atoms with Gasteiger partial charge in [0, 0.05) is 30.9 Å². The number of hydrogen-bond acceptors (Lipinski definition) is 8. The topological polar surface area (TPSA) is 162 Å². The fourth-order valence-corrected chi connectivity index (χ4v) is 5.19. The Balaban J connectivity index is 1.79. The van der Waals surface area contributed by atoms with E-state index in [0.29, 0.717) is 11.1 Å². The van der Waals surface area contributed by atoms with E-state index in [-0.39, 0.29) is 23.6 Å². The number of likely N-dealkylation sites (N-methyl/N-ethyl adjacent to an activating group) is 1. The van der Waals surface area contributed by atoms with E-state index < -0.39 is 53.1 Å². The van der Waals surface area contributed by atoms with Gasteiger partial charge in [-0.1, -0.05) is 36.4 Å². The highest BCUT2D eigenvalue weighted by atomic mass is 32.2. The summed E-state index contributed by atoms with van der Waals surface area (Å²) in [5, 5.41) is 14.1. The number of ether oxygens (including phenoxy) is 1. The lowest BCUT2D eigenvalue weighted by atomic mass is 10.0. The van der Waals surface area contributed by atoms with Crippen LogP contribution in [0.25, 0.3) is 0 Å². The molecule has 0 radical (unpaired) electrons. The third kappa shape index (κ3) is 5.88. The summed E-state index contributed by atoms with van der Waals surface area (Å²) in [6, 6.07) is 5.18. The van der Waals surface area contributed by atoms with Crippen molar-refractivity contribution in [2.24, 2.45) is 0 Å². The monoisotopic (exact) mass is 544 g/mol. The van der Waals surface area contributed by atoms with Gasteiger partial charge >= 0.3 is 18.0 Å². The van der Waals surface area contributed by atoms with Crippen LogP contribution in [0, 0.1) is 0 Å². The zero-order chi connectivity index (χ0) is 28.1. The summed E-state index contributed by atoms with van der Waals surface area (Å²) in [4.78, 5) is 76.5. The first-order valence-electron chi connectivity index (χ1n) is 11.6. The predicted octanol–water partition coefficient (Wildman–Crippen LogP) is 1.16. The Morgan fingerprint density at radius 2 is 1.87 bits per heavy atom. The molecular weight excluding hydrogens is 516 g/mol. The van der Waals surface area contributed by atoms with Crippen LogP contribution in [-0.2, 0) is 28.7 Å². The van der Waals surface area contributed by atoms with Crippen molar-refractivity contribution in [2.45, 2.75) is 38.2 Å². The highest BCUT2D eigenvalue weighted by Gasteiger charge is 2.54. The van der Waals surface area contributed by atoms with Crippen molar-refractivity contribution in [3.05, 3.63) is 58.8 Å². The summed E-state index contributed by atoms with van der Waals surface area (Å²) in [6.07, 6.45) is 1.56. The van der Waals surface area contributed by atoms with Crippen molar-refractivity contribution < 1.29 is 38.6 Å². The maximum atomic E-state index is 13.3. The predicted molar refractivity (Wildman–Crippen MR) is 136 cm³/mol. The first kappa shape index (κ1) is 28.4. The number of nitrogens with one attached hydrogen (secondary N) is 2. The molecule has 2 unspecified atom stereocenters. The van der Waals surface area contributed by atoms with Crippen molar-refractivity contribution in [1.29, 1.82) is 0 Å². The quantitative estimate of drug-likeness (QED) is 0.248. The maximum absolute atomic E-state index is 13.3. The van der Waals surface area contributed by atoms with Gasteiger partial charge in [0.05, 0.1) is 0 Å². The van der Waals surface area contributed by atoms with Crippen LogP contribution in [0.1, 0.15) is 32.4 Å². The number of rotatable bonds is 8. The molecule has 3 N–H and O–H groups in total. The molecule has 3 rings (SSSR count). The second-order valence-electron chi connectivity index (χ2n) is 8.56. The lowest BCUT2D eigenvalue weighted by Crippen LogP contribution is -2.71. The summed E-state index contributed by atoms with van der Waals surface area (Å²) in [5.74, 6) is -3.67. The van der Waals surface area contributed by atoms with Gasteiger partial charge in [-0.2, -0.15) is 0 Å². The molecule has 0 spiro atoms. The smallest absolute Gasteiger partial charge is 0.352 e. The molecule has 202 valence electrons. The highest BCUT2D eigenvalue weighted by Crippen LogP contribution is 2.40. The molecule has 2 aliphatic heterocycles. The molecule has 1 saturated heterocycles. The maximum Gasteiger partial charge on any atom is 0.352 e. The van der Waals surface area contributed by atoms with E-state index in [1.807, 2.05) is 0 Å². The van der Waals surface area contributed by atoms with Gasteiger partial charge in [-0.05, 0) is 19.4 Å². The van der Waals surface area contributed by atoms with Gasteiger partial charge in [-0.3, -0.25) is 29.0 Å². The van der Waals surface area contributed by atoms with Crippen LogP contribution in [0.15, 0.2) is 53.3 Å². The Morgan fingerprint density at radius 1 is 1.21 bits per heavy atom. The van der Waals surface area contributed by atoms with Crippen LogP contribution in [0.3, 0.4) is 0 Å². The molecule has 5 amide bonds. The third-order valence-electron chi connectivity index (χ3n) is 6.04. The molecule has 1 fully saturated rings. The van der Waals surface area contributed by atoms with E-state index in [2.05, 4.69) is 10.6 Å². The van der Waals surface area contributed by atoms with Gasteiger partial charge in [-0.25, -0.2) is 9.59 Å². The minimum atomic E-state index is -1.35. The van der Waals surface area contributed by atoms with Gasteiger partial charge in [0.25, 0.3) is 11.8 Å². The van der Waals surface area contributed by atoms with Crippen LogP contribution in [0.5, 0.6) is 0 Å². The Bertz CT molecular complexity index is 1230. The Kier molecular flexibility index (Phi) is 8.94. The van der Waals surface area contributed by atoms with E-state index in [1.54, 1.807) is 50.3 Å². The molecule has 13 heteroatoms. The summed E-state index contributed by atoms with van der Waals surface area (Å²) < 4.78 is 4.92. The van der Waals surface area contributed by atoms with Crippen LogP contribution < -0.4 is 10.6 Å². The first-order valence-corrected chi connectivity index (χ1v) is 12.6. The molecule has 0 aliphatic carbocycles. The minimum Gasteiger partial charge on any atom is -0.477 e. The number of carboxylic acid groups (broad SMARTS) is 1. The number of imide groups is 1. The van der Waals surface area contributed by atoms with E-state index >= 15 is 0 Å². The summed E-state index contributed by atoms with van der Waals surface area (Å²) >= 11 is 1.22. The average molecular weight is 545 g/mol. The van der Waals surface area contributed by atoms with Crippen LogP contribution in [0.4, 0.5) is 4.79 Å². The van der Waals surface area contributed by atoms with Crippen molar-refractivity contribution in [3.63, 3.8) is 0 Å². The summed E-state index contributed by atoms with van der Waals surface area (Å²) in [5.41, 5.74) is 0.744. The Hall–Kier alpha value is -4.13. The van der Waals surface area contributed by atoms with Crippen molar-refractivity contribution in [2.75, 3.05) is 19.4 Å². The number of nitrogens with zero attached hydrogens (tertiary/aromatic N) is 2. The molecule has 3 atom stereocenters. The van der Waals surface area contributed by atoms with E-state index in [4.69, 9.17) is 4.74 Å². The van der Waals surface area contributed by atoms with E-state index in [0.717, 1.165) is 9.80 Å². The van der Waals surface area contributed by atoms with E-state index in [1.165, 1.54) is 25.7 Å². The number of carboxylic acids is 1. The molecule has 0 saturated carbocycles. The number of benzene rings is 1. The molecule has 2 aliphatic rings. The van der Waals surface area contributed by atoms with Gasteiger partial charge in [0.2, 0.25) is 5.91 Å². The molecule has 0 aromatic heterocycles. The Morgan fingerprint density at radius 3 is 2.45 bits per heavy atom. The second-order valence-corrected chi connectivity index (χ2v) is 9.67. The SMILES string of the molecule is C/C=C(\C)C(=O)N(C)C(=O)NC(C(=O)NC1C(=O)N2C(C(=O)O)=C(COC(C)=O)CS[C@H]12)c1ccccc1. The minimum absolute atomic E-state index is 0.172. The van der Waals surface area contributed by atoms with Crippen molar-refractivity contribution in [1.82, 2.24) is 20.4 Å². The summed E-state index contributed by atoms with van der Waals surface area (Å²) in [7, 11) is 1.28. The average Bonchev–Trinajstić information content (AvgIpc) is 2.91. The van der Waals surface area contributed by atoms with Crippen molar-refractivity contribution in [3.8, 4) is 0 Å². The number of esters is 1. The van der Waals surface area contributed by atoms with Gasteiger partial charge in [0.1, 0.15) is 29.8 Å². The molecular formula is C25H28N4O8S. The number of amides is 5. The van der Waals surface area contributed by atoms with Crippen LogP contribution in [0.2, 0.25) is 0 Å². The number of fused-ring (bicyclic) bond motifs is 1. The number of allylic oxidation sites excluding steroid dienone is 1. The molecule has 1 aromatic rings. The third-order valence-corrected chi connectivity index (χ3v) is 7.38. The lowest BCUT2D eigenvalue weighted by molar-refractivity contribution is -0.151. The largest absolute Gasteiger partial charge is 0.477 e. The number of urea groups is 1. The van der Waals surface area contributed by atoms with Crippen LogP contribution >= 0.6 is 11.8 Å². The fourth-order valence-electron chi connectivity index (χ4n) is 3.87. The molecule has 0 bridgehead atoms. The highest BCUT2D eigenvalue weighted by molar-refractivity contribution is 8.00. The molecule has 38 heavy (non-hydrogen) atoms. The number of aliphatic carboxylic acids is 1. The van der Waals surface area contributed by atoms with Gasteiger partial charge < -0.3 is 20.5 Å². The van der Waals surface area contributed by atoms with Gasteiger partial charge in [-0.15, -0.1) is 11.8 Å². The Labute approximate surface area is 223 Å². The zero-order valence-corrected chi connectivity index (χ0v) is 22.0. The lowest BCUT2D eigenvalue weighted by Gasteiger charge is -2.49. The number of hydrogen-bond donors (Lipinski definition) is 3. The standard InChI is InChI=1S/C25H28N4O8S/c1-5-13(2)21(32)28(4)25(36)27-17(15-9-7-6-8-10-15)20(31)26-18-22(33)29-19(24(34)35)16(11-37-14(3)30)12-38-23(18)29/h5-10,17-18,23H,11-12H2,1-4H3,(H,26,31)(H,27,36)(H,34,35)/b13-5+/t17?,18?,23-/m1/s1. The van der Waals surface area contributed by atoms with Crippen LogP contribution in [-0.4, -0.2) is 81.4 Å². The first-order chi connectivity index (χ1) is 18.0. The van der Waals surface area contributed by atoms with Gasteiger partial charge in [0.15, 0.2) is 0 Å². The number of carbonyl (C=O) groups is 6. The van der Waals surface area contributed by atoms with E-state index in [9.17, 15) is 33.9 Å². The molecule has 12 nitrogen and oxygen atoms in total. The molecule has 1 aromatic carbocycles. The summed E-state index contributed by atoms with van der Waals surface area (Å²) in [6.45, 7) is 4.14. The second kappa shape index (κ2) is 11.9. The number of β-lactam (4-membered cyclic amide) rings is 1. The number of carbonyl (C=O) groups excluding carboxylic acids is 5.